The van der Waals surface area contributed by atoms with Crippen LogP contribution in [0.2, 0.25) is 0 Å². The second-order valence-corrected chi connectivity index (χ2v) is 6.33. The number of benzene rings is 1. The van der Waals surface area contributed by atoms with Gasteiger partial charge in [0.1, 0.15) is 5.82 Å². The molecule has 1 fully saturated rings. The Morgan fingerprint density at radius 2 is 2.13 bits per heavy atom. The van der Waals surface area contributed by atoms with Gasteiger partial charge in [0.05, 0.1) is 5.92 Å². The van der Waals surface area contributed by atoms with Gasteiger partial charge in [-0.3, -0.25) is 4.79 Å². The zero-order chi connectivity index (χ0) is 16.2. The zero-order valence-corrected chi connectivity index (χ0v) is 13.8. The Morgan fingerprint density at radius 3 is 2.78 bits per heavy atom. The van der Waals surface area contributed by atoms with E-state index in [4.69, 9.17) is 0 Å². The number of hydrogen-bond donors (Lipinski definition) is 1. The largest absolute Gasteiger partial charge is 0.352 e. The van der Waals surface area contributed by atoms with Crippen LogP contribution >= 0.6 is 0 Å². The lowest BCUT2D eigenvalue weighted by Crippen LogP contribution is -2.41. The molecule has 0 bridgehead atoms. The molecule has 1 atom stereocenters. The van der Waals surface area contributed by atoms with Gasteiger partial charge in [0.2, 0.25) is 5.91 Å². The fraction of sp³-hybridized carbons (Fsp3) is 0.444. The Morgan fingerprint density at radius 1 is 1.35 bits per heavy atom. The van der Waals surface area contributed by atoms with Gasteiger partial charge in [-0.1, -0.05) is 12.1 Å². The molecule has 122 valence electrons. The number of carbonyl (C=O) groups is 1. The highest BCUT2D eigenvalue weighted by Crippen LogP contribution is 2.16. The van der Waals surface area contributed by atoms with E-state index in [0.717, 1.165) is 43.0 Å². The number of aromatic nitrogens is 2. The van der Waals surface area contributed by atoms with Crippen molar-refractivity contribution in [2.75, 3.05) is 20.1 Å². The number of carbonyl (C=O) groups excluding carboxylic acids is 1. The van der Waals surface area contributed by atoms with Gasteiger partial charge in [0.25, 0.3) is 0 Å². The normalized spacial score (nSPS) is 18.8. The standard InChI is InChI=1S/C18H24N4O/c1-14-19-9-11-22(14)17-7-5-15(6-8-17)12-20-18(23)16-4-3-10-21(2)13-16/h5-9,11,16H,3-4,10,12-13H2,1-2H3,(H,20,23)/t16-/m0/s1. The predicted molar refractivity (Wildman–Crippen MR) is 90.4 cm³/mol. The molecule has 1 aliphatic heterocycles. The summed E-state index contributed by atoms with van der Waals surface area (Å²) in [6.45, 7) is 4.53. The summed E-state index contributed by atoms with van der Waals surface area (Å²) >= 11 is 0. The summed E-state index contributed by atoms with van der Waals surface area (Å²) in [7, 11) is 2.08. The highest BCUT2D eigenvalue weighted by molar-refractivity contribution is 5.78. The lowest BCUT2D eigenvalue weighted by Gasteiger charge is -2.28. The van der Waals surface area contributed by atoms with E-state index in [1.165, 1.54) is 0 Å². The maximum atomic E-state index is 12.3. The van der Waals surface area contributed by atoms with Crippen LogP contribution in [0.4, 0.5) is 0 Å². The minimum absolute atomic E-state index is 0.127. The van der Waals surface area contributed by atoms with Crippen molar-refractivity contribution in [3.63, 3.8) is 0 Å². The van der Waals surface area contributed by atoms with Crippen LogP contribution in [0, 0.1) is 12.8 Å². The number of imidazole rings is 1. The van der Waals surface area contributed by atoms with Gasteiger partial charge in [-0.2, -0.15) is 0 Å². The molecule has 23 heavy (non-hydrogen) atoms. The lowest BCUT2D eigenvalue weighted by molar-refractivity contribution is -0.126. The molecule has 2 aromatic rings. The highest BCUT2D eigenvalue weighted by atomic mass is 16.1. The summed E-state index contributed by atoms with van der Waals surface area (Å²) in [6, 6.07) is 8.24. The van der Waals surface area contributed by atoms with E-state index < -0.39 is 0 Å². The number of rotatable bonds is 4. The first-order valence-electron chi connectivity index (χ1n) is 8.19. The van der Waals surface area contributed by atoms with E-state index >= 15 is 0 Å². The maximum Gasteiger partial charge on any atom is 0.224 e. The molecule has 0 saturated carbocycles. The van der Waals surface area contributed by atoms with Crippen LogP contribution in [0.15, 0.2) is 36.7 Å². The van der Waals surface area contributed by atoms with E-state index in [1.807, 2.05) is 17.7 Å². The Labute approximate surface area is 137 Å². The van der Waals surface area contributed by atoms with Crippen LogP contribution < -0.4 is 5.32 Å². The quantitative estimate of drug-likeness (QED) is 0.941. The number of nitrogens with zero attached hydrogens (tertiary/aromatic N) is 3. The van der Waals surface area contributed by atoms with Crippen molar-refractivity contribution in [1.29, 1.82) is 0 Å². The van der Waals surface area contributed by atoms with E-state index in [2.05, 4.69) is 46.5 Å². The molecule has 0 spiro atoms. The molecule has 5 heteroatoms. The van der Waals surface area contributed by atoms with Crippen LogP contribution in [-0.4, -0.2) is 40.5 Å². The minimum Gasteiger partial charge on any atom is -0.352 e. The van der Waals surface area contributed by atoms with Crippen molar-refractivity contribution in [2.45, 2.75) is 26.3 Å². The molecule has 0 radical (unpaired) electrons. The summed E-state index contributed by atoms with van der Waals surface area (Å²) in [4.78, 5) is 18.7. The summed E-state index contributed by atoms with van der Waals surface area (Å²) in [6.07, 6.45) is 5.85. The molecule has 1 saturated heterocycles. The first-order valence-corrected chi connectivity index (χ1v) is 8.19. The van der Waals surface area contributed by atoms with Crippen molar-refractivity contribution in [3.05, 3.63) is 48.0 Å². The first kappa shape index (κ1) is 15.7. The van der Waals surface area contributed by atoms with Crippen molar-refractivity contribution in [2.24, 2.45) is 5.92 Å². The molecule has 1 aliphatic rings. The lowest BCUT2D eigenvalue weighted by atomic mass is 9.97. The minimum atomic E-state index is 0.127. The van der Waals surface area contributed by atoms with Crippen LogP contribution in [0.1, 0.15) is 24.2 Å². The van der Waals surface area contributed by atoms with Gasteiger partial charge in [0, 0.05) is 31.2 Å². The van der Waals surface area contributed by atoms with Gasteiger partial charge < -0.3 is 14.8 Å². The van der Waals surface area contributed by atoms with Crippen LogP contribution in [0.25, 0.3) is 5.69 Å². The summed E-state index contributed by atoms with van der Waals surface area (Å²) in [5.74, 6) is 1.26. The molecule has 1 aromatic carbocycles. The molecule has 2 heterocycles. The second kappa shape index (κ2) is 6.96. The number of likely N-dealkylation sites (tertiary alicyclic amines) is 1. The van der Waals surface area contributed by atoms with Gasteiger partial charge in [0.15, 0.2) is 0 Å². The molecule has 1 amide bonds. The number of piperidine rings is 1. The third-order valence-corrected chi connectivity index (χ3v) is 4.50. The summed E-state index contributed by atoms with van der Waals surface area (Å²) in [5, 5.41) is 3.07. The van der Waals surface area contributed by atoms with Crippen molar-refractivity contribution in [1.82, 2.24) is 19.8 Å². The van der Waals surface area contributed by atoms with Crippen LogP contribution in [0.3, 0.4) is 0 Å². The summed E-state index contributed by atoms with van der Waals surface area (Å²) < 4.78 is 2.04. The van der Waals surface area contributed by atoms with Crippen molar-refractivity contribution >= 4 is 5.91 Å². The topological polar surface area (TPSA) is 50.2 Å². The molecule has 1 N–H and O–H groups in total. The van der Waals surface area contributed by atoms with Crippen molar-refractivity contribution < 1.29 is 4.79 Å². The van der Waals surface area contributed by atoms with E-state index in [1.54, 1.807) is 6.20 Å². The fourth-order valence-corrected chi connectivity index (χ4v) is 3.14. The maximum absolute atomic E-state index is 12.3. The van der Waals surface area contributed by atoms with E-state index in [-0.39, 0.29) is 11.8 Å². The predicted octanol–water partition coefficient (Wildman–Crippen LogP) is 2.14. The molecular weight excluding hydrogens is 288 g/mol. The van der Waals surface area contributed by atoms with Gasteiger partial charge in [-0.25, -0.2) is 4.98 Å². The van der Waals surface area contributed by atoms with Gasteiger partial charge in [-0.15, -0.1) is 0 Å². The zero-order valence-electron chi connectivity index (χ0n) is 13.8. The van der Waals surface area contributed by atoms with Crippen molar-refractivity contribution in [3.8, 4) is 5.69 Å². The Kier molecular flexibility index (Phi) is 4.76. The monoisotopic (exact) mass is 312 g/mol. The van der Waals surface area contributed by atoms with Crippen LogP contribution in [0.5, 0.6) is 0 Å². The third kappa shape index (κ3) is 3.79. The average molecular weight is 312 g/mol. The number of nitrogens with one attached hydrogen (secondary N) is 1. The van der Waals surface area contributed by atoms with E-state index in [9.17, 15) is 4.79 Å². The Hall–Kier alpha value is -2.14. The molecule has 3 rings (SSSR count). The van der Waals surface area contributed by atoms with Crippen LogP contribution in [-0.2, 0) is 11.3 Å². The molecular formula is C18H24N4O. The first-order chi connectivity index (χ1) is 11.1. The average Bonchev–Trinajstić information content (AvgIpc) is 2.99. The Balaban J connectivity index is 1.56. The fourth-order valence-electron chi connectivity index (χ4n) is 3.14. The number of hydrogen-bond acceptors (Lipinski definition) is 3. The summed E-state index contributed by atoms with van der Waals surface area (Å²) in [5.41, 5.74) is 2.20. The molecule has 0 aliphatic carbocycles. The van der Waals surface area contributed by atoms with Gasteiger partial charge in [-0.05, 0) is 51.1 Å². The smallest absolute Gasteiger partial charge is 0.224 e. The molecule has 0 unspecified atom stereocenters. The Bertz CT molecular complexity index is 662. The van der Waals surface area contributed by atoms with Gasteiger partial charge >= 0.3 is 0 Å². The second-order valence-electron chi connectivity index (χ2n) is 6.33. The molecule has 1 aromatic heterocycles. The van der Waals surface area contributed by atoms with E-state index in [0.29, 0.717) is 6.54 Å². The molecule has 5 nitrogen and oxygen atoms in total. The SMILES string of the molecule is Cc1nccn1-c1ccc(CNC(=O)[C@H]2CCCN(C)C2)cc1. The number of aryl methyl sites for hydroxylation is 1. The third-order valence-electron chi connectivity index (χ3n) is 4.50. The number of amides is 1. The highest BCUT2D eigenvalue weighted by Gasteiger charge is 2.23.